The van der Waals surface area contributed by atoms with E-state index in [1.165, 1.54) is 13.2 Å². The second-order valence-electron chi connectivity index (χ2n) is 3.84. The third kappa shape index (κ3) is 4.24. The van der Waals surface area contributed by atoms with Gasteiger partial charge < -0.3 is 20.1 Å². The van der Waals surface area contributed by atoms with E-state index in [-0.39, 0.29) is 5.88 Å². The van der Waals surface area contributed by atoms with Crippen LogP contribution in [0.25, 0.3) is 6.08 Å². The smallest absolute Gasteiger partial charge is 0.328 e. The van der Waals surface area contributed by atoms with Crippen molar-refractivity contribution < 1.29 is 24.9 Å². The third-order valence-corrected chi connectivity index (χ3v) is 2.84. The highest BCUT2D eigenvalue weighted by Crippen LogP contribution is 2.26. The van der Waals surface area contributed by atoms with E-state index in [9.17, 15) is 15.0 Å². The molecule has 0 heterocycles. The molecule has 0 fully saturated rings. The number of benzene rings is 1. The molecule has 0 saturated heterocycles. The lowest BCUT2D eigenvalue weighted by molar-refractivity contribution is -0.131. The largest absolute Gasteiger partial charge is 0.496 e. The number of ether oxygens (including phenoxy) is 1. The van der Waals surface area contributed by atoms with Crippen LogP contribution in [0.3, 0.4) is 0 Å². The number of aliphatic carboxylic acids is 1. The quantitative estimate of drug-likeness (QED) is 0.544. The van der Waals surface area contributed by atoms with Crippen LogP contribution in [0.5, 0.6) is 5.75 Å². The van der Waals surface area contributed by atoms with E-state index in [0.717, 1.165) is 6.08 Å². The van der Waals surface area contributed by atoms with Gasteiger partial charge in [-0.25, -0.2) is 4.79 Å². The first-order chi connectivity index (χ1) is 8.99. The van der Waals surface area contributed by atoms with Gasteiger partial charge in [-0.1, -0.05) is 6.07 Å². The number of carbonyl (C=O) groups is 1. The summed E-state index contributed by atoms with van der Waals surface area (Å²) in [5, 5.41) is 27.9. The Morgan fingerprint density at radius 2 is 2.16 bits per heavy atom. The van der Waals surface area contributed by atoms with Crippen molar-refractivity contribution in [2.24, 2.45) is 0 Å². The topological polar surface area (TPSA) is 87.0 Å². The van der Waals surface area contributed by atoms with E-state index in [2.05, 4.69) is 0 Å². The van der Waals surface area contributed by atoms with Crippen LogP contribution in [-0.2, 0) is 4.79 Å². The van der Waals surface area contributed by atoms with Gasteiger partial charge in [-0.2, -0.15) is 0 Å². The Hall–Kier alpha value is -1.56. The zero-order chi connectivity index (χ0) is 14.4. The summed E-state index contributed by atoms with van der Waals surface area (Å²) < 4.78 is 5.08. The molecule has 0 aliphatic carbocycles. The molecule has 0 spiro atoms. The molecule has 104 valence electrons. The van der Waals surface area contributed by atoms with Crippen molar-refractivity contribution in [2.75, 3.05) is 13.0 Å². The normalized spacial score (nSPS) is 14.3. The van der Waals surface area contributed by atoms with Crippen LogP contribution < -0.4 is 4.74 Å². The van der Waals surface area contributed by atoms with Gasteiger partial charge >= 0.3 is 5.97 Å². The Kier molecular flexibility index (Phi) is 5.82. The van der Waals surface area contributed by atoms with E-state index in [1.807, 2.05) is 0 Å². The van der Waals surface area contributed by atoms with Gasteiger partial charge in [0.25, 0.3) is 0 Å². The summed E-state index contributed by atoms with van der Waals surface area (Å²) in [5.41, 5.74) is 0.919. The van der Waals surface area contributed by atoms with Crippen molar-refractivity contribution in [3.8, 4) is 5.75 Å². The Balaban J connectivity index is 3.10. The number of hydrogen-bond donors (Lipinski definition) is 3. The Bertz CT molecular complexity index is 472. The van der Waals surface area contributed by atoms with Crippen molar-refractivity contribution in [3.63, 3.8) is 0 Å². The molecule has 2 atom stereocenters. The lowest BCUT2D eigenvalue weighted by atomic mass is 10.0. The fraction of sp³-hybridized carbons (Fsp3) is 0.308. The van der Waals surface area contributed by atoms with E-state index >= 15 is 0 Å². The Morgan fingerprint density at radius 1 is 1.47 bits per heavy atom. The van der Waals surface area contributed by atoms with Gasteiger partial charge in [0.15, 0.2) is 0 Å². The molecule has 19 heavy (non-hydrogen) atoms. The fourth-order valence-corrected chi connectivity index (χ4v) is 1.70. The maximum absolute atomic E-state index is 10.5. The molecule has 1 rings (SSSR count). The lowest BCUT2D eigenvalue weighted by Gasteiger charge is -2.17. The average Bonchev–Trinajstić information content (AvgIpc) is 2.42. The molecular weight excluding hydrogens is 272 g/mol. The van der Waals surface area contributed by atoms with Gasteiger partial charge in [0.05, 0.1) is 19.1 Å². The van der Waals surface area contributed by atoms with E-state index < -0.39 is 18.2 Å². The van der Waals surface area contributed by atoms with Crippen LogP contribution in [-0.4, -0.2) is 40.4 Å². The minimum absolute atomic E-state index is 0.104. The molecule has 0 aromatic heterocycles. The van der Waals surface area contributed by atoms with Crippen LogP contribution in [0, 0.1) is 0 Å². The summed E-state index contributed by atoms with van der Waals surface area (Å²) in [6.07, 6.45) is 0.0861. The SMILES string of the molecule is COc1ccc(C(O)C(O)CCl)cc1/C=C/C(=O)O. The summed E-state index contributed by atoms with van der Waals surface area (Å²) in [6.45, 7) is 0. The van der Waals surface area contributed by atoms with Gasteiger partial charge in [-0.05, 0) is 23.8 Å². The molecule has 6 heteroatoms. The first-order valence-electron chi connectivity index (χ1n) is 5.50. The minimum Gasteiger partial charge on any atom is -0.496 e. The van der Waals surface area contributed by atoms with Crippen LogP contribution >= 0.6 is 11.6 Å². The Labute approximate surface area is 115 Å². The molecule has 0 aliphatic heterocycles. The summed E-state index contributed by atoms with van der Waals surface area (Å²) in [5.74, 6) is -0.726. The number of aliphatic hydroxyl groups excluding tert-OH is 2. The molecule has 0 bridgehead atoms. The van der Waals surface area contributed by atoms with Crippen LogP contribution in [0.1, 0.15) is 17.2 Å². The molecule has 2 unspecified atom stereocenters. The third-order valence-electron chi connectivity index (χ3n) is 2.52. The van der Waals surface area contributed by atoms with Crippen molar-refractivity contribution in [3.05, 3.63) is 35.4 Å². The zero-order valence-electron chi connectivity index (χ0n) is 10.3. The number of hydrogen-bond acceptors (Lipinski definition) is 4. The molecule has 3 N–H and O–H groups in total. The van der Waals surface area contributed by atoms with Crippen LogP contribution in [0.2, 0.25) is 0 Å². The maximum Gasteiger partial charge on any atom is 0.328 e. The molecule has 0 amide bonds. The second-order valence-corrected chi connectivity index (χ2v) is 4.15. The number of rotatable bonds is 6. The zero-order valence-corrected chi connectivity index (χ0v) is 11.0. The number of carboxylic acid groups (broad SMARTS) is 1. The fourth-order valence-electron chi connectivity index (χ4n) is 1.53. The monoisotopic (exact) mass is 286 g/mol. The number of alkyl halides is 1. The van der Waals surface area contributed by atoms with E-state index in [1.54, 1.807) is 18.2 Å². The predicted molar refractivity (Wildman–Crippen MR) is 71.4 cm³/mol. The molecule has 0 radical (unpaired) electrons. The molecule has 1 aromatic carbocycles. The summed E-state index contributed by atoms with van der Waals surface area (Å²) >= 11 is 5.47. The van der Waals surface area contributed by atoms with Gasteiger partial charge in [-0.15, -0.1) is 11.6 Å². The summed E-state index contributed by atoms with van der Waals surface area (Å²) in [6, 6.07) is 4.71. The highest BCUT2D eigenvalue weighted by Gasteiger charge is 2.18. The standard InChI is InChI=1S/C13H15ClO5/c1-19-11-4-2-9(13(18)10(15)7-14)6-8(11)3-5-12(16)17/h2-6,10,13,15,18H,7H2,1H3,(H,16,17)/b5-3+. The Morgan fingerprint density at radius 3 is 2.68 bits per heavy atom. The molecule has 5 nitrogen and oxygen atoms in total. The summed E-state index contributed by atoms with van der Waals surface area (Å²) in [4.78, 5) is 10.5. The number of halogens is 1. The molecule has 1 aromatic rings. The molecular formula is C13H15ClO5. The highest BCUT2D eigenvalue weighted by atomic mass is 35.5. The maximum atomic E-state index is 10.5. The van der Waals surface area contributed by atoms with Gasteiger partial charge in [0, 0.05) is 11.6 Å². The molecule has 0 aliphatic rings. The van der Waals surface area contributed by atoms with E-state index in [0.29, 0.717) is 16.9 Å². The first kappa shape index (κ1) is 15.5. The number of aliphatic hydroxyl groups is 2. The van der Waals surface area contributed by atoms with Crippen molar-refractivity contribution >= 4 is 23.6 Å². The number of methoxy groups -OCH3 is 1. The van der Waals surface area contributed by atoms with Gasteiger partial charge in [0.1, 0.15) is 11.9 Å². The number of carboxylic acids is 1. The predicted octanol–water partition coefficient (Wildman–Crippen LogP) is 1.43. The van der Waals surface area contributed by atoms with Crippen LogP contribution in [0.15, 0.2) is 24.3 Å². The molecule has 0 saturated carbocycles. The van der Waals surface area contributed by atoms with E-state index in [4.69, 9.17) is 21.4 Å². The first-order valence-corrected chi connectivity index (χ1v) is 6.04. The van der Waals surface area contributed by atoms with Crippen LogP contribution in [0.4, 0.5) is 0 Å². The van der Waals surface area contributed by atoms with Crippen molar-refractivity contribution in [2.45, 2.75) is 12.2 Å². The summed E-state index contributed by atoms with van der Waals surface area (Å²) in [7, 11) is 1.46. The van der Waals surface area contributed by atoms with Gasteiger partial charge in [0.2, 0.25) is 0 Å². The lowest BCUT2D eigenvalue weighted by Crippen LogP contribution is -2.19. The average molecular weight is 287 g/mol. The minimum atomic E-state index is -1.14. The highest BCUT2D eigenvalue weighted by molar-refractivity contribution is 6.18. The van der Waals surface area contributed by atoms with Crippen molar-refractivity contribution in [1.29, 1.82) is 0 Å². The van der Waals surface area contributed by atoms with Crippen molar-refractivity contribution in [1.82, 2.24) is 0 Å². The second kappa shape index (κ2) is 7.13. The van der Waals surface area contributed by atoms with Gasteiger partial charge in [-0.3, -0.25) is 0 Å².